The van der Waals surface area contributed by atoms with Gasteiger partial charge in [-0.05, 0) is 30.7 Å². The van der Waals surface area contributed by atoms with Crippen molar-refractivity contribution in [2.45, 2.75) is 6.92 Å². The Morgan fingerprint density at radius 1 is 1.19 bits per heavy atom. The van der Waals surface area contributed by atoms with Gasteiger partial charge in [0.05, 0.1) is 4.53 Å². The number of furan rings is 1. The van der Waals surface area contributed by atoms with Gasteiger partial charge < -0.3 is 4.42 Å². The molecule has 26 heavy (non-hydrogen) atoms. The van der Waals surface area contributed by atoms with E-state index in [9.17, 15) is 4.79 Å². The third-order valence-corrected chi connectivity index (χ3v) is 5.17. The highest BCUT2D eigenvalue weighted by Crippen LogP contribution is 2.31. The second-order valence-corrected chi connectivity index (χ2v) is 6.89. The summed E-state index contributed by atoms with van der Waals surface area (Å²) >= 11 is 1.30. The van der Waals surface area contributed by atoms with Crippen LogP contribution in [0.5, 0.6) is 0 Å². The molecule has 0 N–H and O–H groups in total. The molecule has 0 atom stereocenters. The van der Waals surface area contributed by atoms with E-state index >= 15 is 0 Å². The van der Waals surface area contributed by atoms with Crippen LogP contribution in [0, 0.1) is 6.92 Å². The van der Waals surface area contributed by atoms with Crippen LogP contribution in [0.25, 0.3) is 33.6 Å². The molecule has 0 fully saturated rings. The lowest BCUT2D eigenvalue weighted by molar-refractivity contribution is 0.622. The molecule has 5 rings (SSSR count). The Morgan fingerprint density at radius 3 is 2.85 bits per heavy atom. The number of pyridine rings is 1. The van der Waals surface area contributed by atoms with E-state index in [4.69, 9.17) is 4.42 Å². The second kappa shape index (κ2) is 5.60. The molecular formula is C19H12N4O2S. The third-order valence-electron chi connectivity index (χ3n) is 4.21. The largest absolute Gasteiger partial charge is 0.452 e. The molecule has 0 unspecified atom stereocenters. The summed E-state index contributed by atoms with van der Waals surface area (Å²) in [5.74, 6) is 1.02. The Kier molecular flexibility index (Phi) is 3.23. The van der Waals surface area contributed by atoms with Gasteiger partial charge in [0.15, 0.2) is 5.76 Å². The lowest BCUT2D eigenvalue weighted by atomic mass is 10.1. The van der Waals surface area contributed by atoms with Crippen LogP contribution in [0.1, 0.15) is 11.1 Å². The summed E-state index contributed by atoms with van der Waals surface area (Å²) in [4.78, 5) is 21.7. The molecular weight excluding hydrogens is 348 g/mol. The highest BCUT2D eigenvalue weighted by molar-refractivity contribution is 7.15. The van der Waals surface area contributed by atoms with Gasteiger partial charge >= 0.3 is 0 Å². The zero-order valence-corrected chi connectivity index (χ0v) is 14.5. The Morgan fingerprint density at radius 2 is 2.08 bits per heavy atom. The van der Waals surface area contributed by atoms with Gasteiger partial charge in [-0.15, -0.1) is 5.10 Å². The van der Waals surface area contributed by atoms with E-state index in [1.807, 2.05) is 43.3 Å². The van der Waals surface area contributed by atoms with Crippen molar-refractivity contribution in [3.05, 3.63) is 74.8 Å². The number of rotatable bonds is 2. The standard InChI is InChI=1S/C19H12N4O2S/c1-11-13-6-2-3-7-14(13)25-16(11)17-21-19-23(22-17)18(24)15(26-19)9-12-5-4-8-20-10-12/h2-10H,1H3. The van der Waals surface area contributed by atoms with Crippen molar-refractivity contribution < 1.29 is 4.42 Å². The Hall–Kier alpha value is -3.32. The summed E-state index contributed by atoms with van der Waals surface area (Å²) in [6.07, 6.45) is 5.20. The molecule has 0 aliphatic heterocycles. The van der Waals surface area contributed by atoms with E-state index in [1.54, 1.807) is 18.5 Å². The molecule has 0 bridgehead atoms. The molecule has 5 aromatic rings. The summed E-state index contributed by atoms with van der Waals surface area (Å²) in [6.45, 7) is 1.97. The molecule has 0 saturated heterocycles. The van der Waals surface area contributed by atoms with E-state index in [0.29, 0.717) is 21.1 Å². The maximum Gasteiger partial charge on any atom is 0.291 e. The number of hydrogen-bond acceptors (Lipinski definition) is 6. The van der Waals surface area contributed by atoms with Crippen molar-refractivity contribution in [2.75, 3.05) is 0 Å². The molecule has 0 aliphatic rings. The summed E-state index contributed by atoms with van der Waals surface area (Å²) < 4.78 is 7.80. The molecule has 126 valence electrons. The van der Waals surface area contributed by atoms with E-state index in [1.165, 1.54) is 15.9 Å². The molecule has 1 aromatic carbocycles. The predicted molar refractivity (Wildman–Crippen MR) is 100 cm³/mol. The van der Waals surface area contributed by atoms with Crippen LogP contribution < -0.4 is 10.1 Å². The molecule has 6 nitrogen and oxygen atoms in total. The number of para-hydroxylation sites is 1. The molecule has 0 spiro atoms. The second-order valence-electron chi connectivity index (χ2n) is 5.88. The topological polar surface area (TPSA) is 73.3 Å². The minimum absolute atomic E-state index is 0.193. The molecule has 0 aliphatic carbocycles. The van der Waals surface area contributed by atoms with Crippen molar-refractivity contribution in [2.24, 2.45) is 0 Å². The van der Waals surface area contributed by atoms with Crippen LogP contribution in [0.3, 0.4) is 0 Å². The van der Waals surface area contributed by atoms with Crippen molar-refractivity contribution in [3.8, 4) is 11.6 Å². The monoisotopic (exact) mass is 360 g/mol. The summed E-state index contributed by atoms with van der Waals surface area (Å²) in [7, 11) is 0. The fourth-order valence-electron chi connectivity index (χ4n) is 2.93. The number of benzene rings is 1. The number of thiazole rings is 1. The normalized spacial score (nSPS) is 12.4. The van der Waals surface area contributed by atoms with Crippen molar-refractivity contribution in [1.29, 1.82) is 0 Å². The number of aromatic nitrogens is 4. The van der Waals surface area contributed by atoms with Crippen LogP contribution in [0.2, 0.25) is 0 Å². The first kappa shape index (κ1) is 15.0. The zero-order valence-electron chi connectivity index (χ0n) is 13.7. The summed E-state index contributed by atoms with van der Waals surface area (Å²) in [5.41, 5.74) is 2.42. The van der Waals surface area contributed by atoms with Crippen molar-refractivity contribution in [3.63, 3.8) is 0 Å². The summed E-state index contributed by atoms with van der Waals surface area (Å²) in [5, 5.41) is 5.40. The maximum atomic E-state index is 12.6. The fourth-order valence-corrected chi connectivity index (χ4v) is 3.84. The van der Waals surface area contributed by atoms with Gasteiger partial charge in [0.2, 0.25) is 10.8 Å². The van der Waals surface area contributed by atoms with Crippen molar-refractivity contribution >= 4 is 33.3 Å². The van der Waals surface area contributed by atoms with Crippen LogP contribution in [-0.4, -0.2) is 19.6 Å². The first-order valence-electron chi connectivity index (χ1n) is 8.00. The smallest absolute Gasteiger partial charge is 0.291 e. The molecule has 4 heterocycles. The van der Waals surface area contributed by atoms with E-state index in [2.05, 4.69) is 15.1 Å². The predicted octanol–water partition coefficient (Wildman–Crippen LogP) is 2.82. The van der Waals surface area contributed by atoms with Crippen molar-refractivity contribution in [1.82, 2.24) is 19.6 Å². The van der Waals surface area contributed by atoms with Crippen LogP contribution in [-0.2, 0) is 0 Å². The van der Waals surface area contributed by atoms with Gasteiger partial charge in [-0.25, -0.2) is 0 Å². The molecule has 7 heteroatoms. The van der Waals surface area contributed by atoms with Crippen LogP contribution in [0.4, 0.5) is 0 Å². The Bertz CT molecular complexity index is 1370. The van der Waals surface area contributed by atoms with Gasteiger partial charge in [0, 0.05) is 23.3 Å². The van der Waals surface area contributed by atoms with Gasteiger partial charge in [-0.1, -0.05) is 35.6 Å². The molecule has 0 amide bonds. The minimum atomic E-state index is -0.193. The zero-order chi connectivity index (χ0) is 17.7. The average molecular weight is 360 g/mol. The third kappa shape index (κ3) is 2.25. The lowest BCUT2D eigenvalue weighted by Crippen LogP contribution is -2.23. The van der Waals surface area contributed by atoms with Crippen LogP contribution >= 0.6 is 11.3 Å². The van der Waals surface area contributed by atoms with Gasteiger partial charge in [0.1, 0.15) is 5.58 Å². The summed E-state index contributed by atoms with van der Waals surface area (Å²) in [6, 6.07) is 11.5. The SMILES string of the molecule is Cc1c(-c2nc3sc(=Cc4cccnc4)c(=O)n3n2)oc2ccccc12. The molecule has 0 radical (unpaired) electrons. The fraction of sp³-hybridized carbons (Fsp3) is 0.0526. The molecule has 4 aromatic heterocycles. The van der Waals surface area contributed by atoms with E-state index < -0.39 is 0 Å². The highest BCUT2D eigenvalue weighted by Gasteiger charge is 2.18. The van der Waals surface area contributed by atoms with E-state index in [0.717, 1.165) is 22.1 Å². The van der Waals surface area contributed by atoms with Gasteiger partial charge in [-0.3, -0.25) is 9.78 Å². The number of nitrogens with zero attached hydrogens (tertiary/aromatic N) is 4. The maximum absolute atomic E-state index is 12.6. The minimum Gasteiger partial charge on any atom is -0.452 e. The first-order chi connectivity index (χ1) is 12.7. The van der Waals surface area contributed by atoms with E-state index in [-0.39, 0.29) is 5.56 Å². The highest BCUT2D eigenvalue weighted by atomic mass is 32.1. The lowest BCUT2D eigenvalue weighted by Gasteiger charge is -1.90. The quantitative estimate of drug-likeness (QED) is 0.484. The molecule has 0 saturated carbocycles. The van der Waals surface area contributed by atoms with Gasteiger partial charge in [-0.2, -0.15) is 9.50 Å². The Balaban J connectivity index is 1.67. The first-order valence-corrected chi connectivity index (χ1v) is 8.82. The number of aryl methyl sites for hydroxylation is 1. The number of hydrogen-bond donors (Lipinski definition) is 0. The van der Waals surface area contributed by atoms with Crippen LogP contribution in [0.15, 0.2) is 58.0 Å². The van der Waals surface area contributed by atoms with Gasteiger partial charge in [0.25, 0.3) is 5.56 Å². The average Bonchev–Trinajstić information content (AvgIpc) is 3.30. The Labute approximate surface area is 151 Å². The number of fused-ring (bicyclic) bond motifs is 2.